The molecule has 0 amide bonds. The Morgan fingerprint density at radius 2 is 1.69 bits per heavy atom. The molecule has 0 bridgehead atoms. The molecule has 2 heterocycles. The average molecular weight is 437 g/mol. The number of alkyl halides is 3. The lowest BCUT2D eigenvalue weighted by molar-refractivity contribution is -0.281. The van der Waals surface area contributed by atoms with Gasteiger partial charge >= 0.3 is 6.18 Å². The van der Waals surface area contributed by atoms with Crippen LogP contribution in [0.2, 0.25) is 5.02 Å². The highest BCUT2D eigenvalue weighted by Gasteiger charge is 2.34. The number of benzene rings is 1. The van der Waals surface area contributed by atoms with Crippen LogP contribution in [-0.2, 0) is 31.5 Å². The van der Waals surface area contributed by atoms with Gasteiger partial charge in [-0.05, 0) is 30.5 Å². The first-order valence-electron chi connectivity index (χ1n) is 10.2. The van der Waals surface area contributed by atoms with Gasteiger partial charge in [0.1, 0.15) is 0 Å². The van der Waals surface area contributed by atoms with Crippen LogP contribution in [0.5, 0.6) is 0 Å². The first-order chi connectivity index (χ1) is 13.9. The van der Waals surface area contributed by atoms with Gasteiger partial charge in [0.2, 0.25) is 0 Å². The van der Waals surface area contributed by atoms with Crippen LogP contribution in [0, 0.1) is 11.8 Å². The molecule has 0 aromatic heterocycles. The van der Waals surface area contributed by atoms with Crippen LogP contribution in [0.4, 0.5) is 13.2 Å². The predicted octanol–water partition coefficient (Wildman–Crippen LogP) is 5.46. The van der Waals surface area contributed by atoms with Crippen LogP contribution in [0.25, 0.3) is 0 Å². The second-order valence-electron chi connectivity index (χ2n) is 7.75. The number of aryl methyl sites for hydroxylation is 1. The van der Waals surface area contributed by atoms with E-state index in [1.807, 2.05) is 0 Å². The lowest BCUT2D eigenvalue weighted by Gasteiger charge is -2.37. The van der Waals surface area contributed by atoms with Crippen LogP contribution in [0.3, 0.4) is 0 Å². The Balaban J connectivity index is 1.39. The maximum Gasteiger partial charge on any atom is 0.417 e. The third-order valence-corrected chi connectivity index (χ3v) is 5.66. The summed E-state index contributed by atoms with van der Waals surface area (Å²) in [5.41, 5.74) is -0.102. The van der Waals surface area contributed by atoms with Crippen molar-refractivity contribution in [1.29, 1.82) is 0 Å². The van der Waals surface area contributed by atoms with E-state index in [1.54, 1.807) is 0 Å². The summed E-state index contributed by atoms with van der Waals surface area (Å²) in [5.74, 6) is 0.485. The molecule has 2 saturated heterocycles. The topological polar surface area (TPSA) is 36.9 Å². The van der Waals surface area contributed by atoms with Gasteiger partial charge in [-0.1, -0.05) is 37.4 Å². The van der Waals surface area contributed by atoms with E-state index in [0.29, 0.717) is 45.2 Å². The Hall–Kier alpha value is -0.860. The first kappa shape index (κ1) is 22.8. The zero-order chi connectivity index (χ0) is 20.9. The van der Waals surface area contributed by atoms with Crippen molar-refractivity contribution < 1.29 is 32.1 Å². The minimum absolute atomic E-state index is 0.0267. The lowest BCUT2D eigenvalue weighted by atomic mass is 10.0. The van der Waals surface area contributed by atoms with Gasteiger partial charge in [-0.2, -0.15) is 13.2 Å². The number of unbranched alkanes of at least 4 members (excludes halogenated alkanes) is 1. The van der Waals surface area contributed by atoms with Crippen LogP contribution >= 0.6 is 11.6 Å². The second kappa shape index (κ2) is 10.4. The number of halogens is 4. The Morgan fingerprint density at radius 3 is 2.28 bits per heavy atom. The monoisotopic (exact) mass is 436 g/mol. The molecule has 29 heavy (non-hydrogen) atoms. The van der Waals surface area contributed by atoms with E-state index < -0.39 is 18.0 Å². The summed E-state index contributed by atoms with van der Waals surface area (Å²) in [7, 11) is 0. The summed E-state index contributed by atoms with van der Waals surface area (Å²) in [4.78, 5) is 0. The van der Waals surface area contributed by atoms with Gasteiger partial charge in [0.05, 0.1) is 42.9 Å². The summed E-state index contributed by atoms with van der Waals surface area (Å²) in [6.07, 6.45) is -0.608. The molecule has 2 aliphatic heterocycles. The summed E-state index contributed by atoms with van der Waals surface area (Å²) >= 11 is 5.77. The minimum Gasteiger partial charge on any atom is -0.352 e. The SMILES string of the molecule is CCCCC1COC(C2COC(CCc3ccc(C(F)(F)F)c(Cl)c3)OC2)OC1. The Labute approximate surface area is 174 Å². The molecule has 2 aliphatic rings. The van der Waals surface area contributed by atoms with Crippen molar-refractivity contribution in [3.63, 3.8) is 0 Å². The highest BCUT2D eigenvalue weighted by Crippen LogP contribution is 2.35. The van der Waals surface area contributed by atoms with E-state index in [-0.39, 0.29) is 17.2 Å². The Morgan fingerprint density at radius 1 is 1.00 bits per heavy atom. The zero-order valence-electron chi connectivity index (χ0n) is 16.6. The summed E-state index contributed by atoms with van der Waals surface area (Å²) < 4.78 is 61.6. The predicted molar refractivity (Wildman–Crippen MR) is 103 cm³/mol. The third kappa shape index (κ3) is 6.56. The summed E-state index contributed by atoms with van der Waals surface area (Å²) in [6.45, 7) is 4.54. The fraction of sp³-hybridized carbons (Fsp3) is 0.714. The van der Waals surface area contributed by atoms with Crippen molar-refractivity contribution >= 4 is 11.6 Å². The van der Waals surface area contributed by atoms with E-state index in [0.717, 1.165) is 18.1 Å². The van der Waals surface area contributed by atoms with Crippen molar-refractivity contribution in [3.05, 3.63) is 34.3 Å². The molecular formula is C21H28ClF3O4. The van der Waals surface area contributed by atoms with Gasteiger partial charge in [-0.3, -0.25) is 0 Å². The van der Waals surface area contributed by atoms with Gasteiger partial charge < -0.3 is 18.9 Å². The van der Waals surface area contributed by atoms with Crippen molar-refractivity contribution in [3.8, 4) is 0 Å². The molecule has 0 aliphatic carbocycles. The van der Waals surface area contributed by atoms with Gasteiger partial charge in [0.15, 0.2) is 12.6 Å². The normalized spacial score (nSPS) is 28.4. The average Bonchev–Trinajstić information content (AvgIpc) is 2.70. The van der Waals surface area contributed by atoms with E-state index in [1.165, 1.54) is 25.0 Å². The fourth-order valence-electron chi connectivity index (χ4n) is 3.60. The zero-order valence-corrected chi connectivity index (χ0v) is 17.3. The largest absolute Gasteiger partial charge is 0.417 e. The van der Waals surface area contributed by atoms with Crippen molar-refractivity contribution in [1.82, 2.24) is 0 Å². The van der Waals surface area contributed by atoms with E-state index in [4.69, 9.17) is 30.5 Å². The van der Waals surface area contributed by atoms with Gasteiger partial charge in [0, 0.05) is 12.3 Å². The van der Waals surface area contributed by atoms with E-state index >= 15 is 0 Å². The van der Waals surface area contributed by atoms with Gasteiger partial charge in [-0.15, -0.1) is 0 Å². The molecule has 0 saturated carbocycles. The van der Waals surface area contributed by atoms with Crippen LogP contribution in [0.1, 0.15) is 43.7 Å². The molecule has 0 spiro atoms. The highest BCUT2D eigenvalue weighted by atomic mass is 35.5. The second-order valence-corrected chi connectivity index (χ2v) is 8.16. The molecule has 3 rings (SSSR count). The maximum absolute atomic E-state index is 12.8. The Kier molecular flexibility index (Phi) is 8.22. The molecule has 164 valence electrons. The van der Waals surface area contributed by atoms with Crippen LogP contribution < -0.4 is 0 Å². The molecule has 1 aromatic rings. The van der Waals surface area contributed by atoms with Crippen molar-refractivity contribution in [2.45, 2.75) is 57.8 Å². The molecule has 0 radical (unpaired) electrons. The number of ether oxygens (including phenoxy) is 4. The molecular weight excluding hydrogens is 409 g/mol. The van der Waals surface area contributed by atoms with E-state index in [2.05, 4.69) is 6.92 Å². The molecule has 0 atom stereocenters. The van der Waals surface area contributed by atoms with Crippen molar-refractivity contribution in [2.24, 2.45) is 11.8 Å². The van der Waals surface area contributed by atoms with Gasteiger partial charge in [0.25, 0.3) is 0 Å². The lowest BCUT2D eigenvalue weighted by Crippen LogP contribution is -2.44. The molecule has 4 nitrogen and oxygen atoms in total. The minimum atomic E-state index is -4.44. The number of rotatable bonds is 7. The highest BCUT2D eigenvalue weighted by molar-refractivity contribution is 6.31. The standard InChI is InChI=1S/C21H28ClF3O4/c1-2-3-4-15-10-28-20(29-11-15)16-12-26-19(27-13-16)8-6-14-5-7-17(18(22)9-14)21(23,24)25/h5,7,9,15-16,19-20H,2-4,6,8,10-13H2,1H3. The summed E-state index contributed by atoms with van der Waals surface area (Å²) in [5, 5.41) is -0.288. The quantitative estimate of drug-likeness (QED) is 0.568. The molecule has 2 fully saturated rings. The van der Waals surface area contributed by atoms with Crippen LogP contribution in [0.15, 0.2) is 18.2 Å². The number of hydrogen-bond acceptors (Lipinski definition) is 4. The first-order valence-corrected chi connectivity index (χ1v) is 10.6. The molecule has 8 heteroatoms. The third-order valence-electron chi connectivity index (χ3n) is 5.34. The molecule has 1 aromatic carbocycles. The smallest absolute Gasteiger partial charge is 0.352 e. The summed E-state index contributed by atoms with van der Waals surface area (Å²) in [6, 6.07) is 3.81. The van der Waals surface area contributed by atoms with Crippen molar-refractivity contribution in [2.75, 3.05) is 26.4 Å². The Bertz CT molecular complexity index is 639. The van der Waals surface area contributed by atoms with Gasteiger partial charge in [-0.25, -0.2) is 0 Å². The van der Waals surface area contributed by atoms with Crippen LogP contribution in [-0.4, -0.2) is 39.0 Å². The fourth-order valence-corrected chi connectivity index (χ4v) is 3.91. The molecule has 0 unspecified atom stereocenters. The van der Waals surface area contributed by atoms with E-state index in [9.17, 15) is 13.2 Å². The number of hydrogen-bond donors (Lipinski definition) is 0. The maximum atomic E-state index is 12.8. The molecule has 0 N–H and O–H groups in total.